The second kappa shape index (κ2) is 12.5. The molecule has 37 heavy (non-hydrogen) atoms. The number of piperidine rings is 1. The highest BCUT2D eigenvalue weighted by atomic mass is 79.9. The number of methoxy groups -OCH3 is 1. The van der Waals surface area contributed by atoms with E-state index in [1.54, 1.807) is 7.11 Å². The van der Waals surface area contributed by atoms with Crippen LogP contribution in [0.25, 0.3) is 10.9 Å². The monoisotopic (exact) mass is 592 g/mol. The van der Waals surface area contributed by atoms with Crippen molar-refractivity contribution in [3.05, 3.63) is 47.2 Å². The van der Waals surface area contributed by atoms with Gasteiger partial charge in [0.05, 0.1) is 12.6 Å². The smallest absolute Gasteiger partial charge is 0.344 e. The lowest BCUT2D eigenvalue weighted by molar-refractivity contribution is 0.0753. The van der Waals surface area contributed by atoms with E-state index < -0.39 is 7.60 Å². The minimum Gasteiger partial charge on any atom is -0.493 e. The first-order valence-corrected chi connectivity index (χ1v) is 14.8. The van der Waals surface area contributed by atoms with Gasteiger partial charge in [0.25, 0.3) is 0 Å². The van der Waals surface area contributed by atoms with E-state index in [0.717, 1.165) is 53.4 Å². The van der Waals surface area contributed by atoms with Gasteiger partial charge in [0.1, 0.15) is 24.5 Å². The Labute approximate surface area is 226 Å². The minimum atomic E-state index is -3.06. The van der Waals surface area contributed by atoms with E-state index in [9.17, 15) is 4.57 Å². The van der Waals surface area contributed by atoms with Gasteiger partial charge in [-0.3, -0.25) is 9.46 Å². The van der Waals surface area contributed by atoms with Crippen LogP contribution < -0.4 is 14.8 Å². The van der Waals surface area contributed by atoms with Crippen LogP contribution in [-0.2, 0) is 13.6 Å². The molecule has 1 fully saturated rings. The van der Waals surface area contributed by atoms with Crippen molar-refractivity contribution in [2.75, 3.05) is 46.0 Å². The lowest BCUT2D eigenvalue weighted by Gasteiger charge is -2.36. The summed E-state index contributed by atoms with van der Waals surface area (Å²) in [5.74, 6) is 2.35. The van der Waals surface area contributed by atoms with Crippen molar-refractivity contribution >= 4 is 45.9 Å². The molecule has 0 bridgehead atoms. The maximum absolute atomic E-state index is 12.5. The molecule has 1 saturated heterocycles. The van der Waals surface area contributed by atoms with Gasteiger partial charge in [-0.25, -0.2) is 9.97 Å². The Kier molecular flexibility index (Phi) is 9.42. The predicted molar refractivity (Wildman–Crippen MR) is 149 cm³/mol. The van der Waals surface area contributed by atoms with E-state index in [4.69, 9.17) is 18.5 Å². The summed E-state index contributed by atoms with van der Waals surface area (Å²) >= 11 is 3.52. The fraction of sp³-hybridized carbons (Fsp3) is 0.462. The van der Waals surface area contributed by atoms with Crippen LogP contribution in [-0.4, -0.2) is 61.7 Å². The molecule has 1 aromatic heterocycles. The number of benzene rings is 2. The first kappa shape index (κ1) is 27.8. The molecule has 4 rings (SSSR count). The zero-order valence-electron chi connectivity index (χ0n) is 21.6. The predicted octanol–water partition coefficient (Wildman–Crippen LogP) is 6.46. The minimum absolute atomic E-state index is 0.0104. The van der Waals surface area contributed by atoms with Crippen molar-refractivity contribution < 1.29 is 23.1 Å². The van der Waals surface area contributed by atoms with Gasteiger partial charge in [0.15, 0.2) is 11.5 Å². The van der Waals surface area contributed by atoms with Crippen LogP contribution in [0.4, 0.5) is 11.5 Å². The van der Waals surface area contributed by atoms with Crippen molar-refractivity contribution in [3.63, 3.8) is 0 Å². The molecule has 1 atom stereocenters. The summed E-state index contributed by atoms with van der Waals surface area (Å²) in [6.07, 6.45) is 4.57. The molecule has 2 heterocycles. The standard InChI is InChI=1S/C26H34BrN4O5P/c1-5-23(18-9-11-31(12-10-18)17-37(32,34-3)35-4)36-25-14-21-22(15-24(25)33-2)28-16-29-26(21)30-20-8-6-7-19(27)13-20/h6-8,13-16,18,23H,5,9-12,17H2,1-4H3,(H,28,29,30). The Morgan fingerprint density at radius 1 is 1.11 bits per heavy atom. The maximum Gasteiger partial charge on any atom is 0.344 e. The summed E-state index contributed by atoms with van der Waals surface area (Å²) in [6, 6.07) is 11.8. The summed E-state index contributed by atoms with van der Waals surface area (Å²) < 4.78 is 36.0. The number of nitrogens with one attached hydrogen (secondary N) is 1. The molecule has 0 saturated carbocycles. The third-order valence-corrected chi connectivity index (χ3v) is 9.13. The number of anilines is 2. The number of rotatable bonds is 11. The van der Waals surface area contributed by atoms with Gasteiger partial charge in [-0.05, 0) is 62.5 Å². The maximum atomic E-state index is 12.5. The van der Waals surface area contributed by atoms with Gasteiger partial charge >= 0.3 is 7.60 Å². The largest absolute Gasteiger partial charge is 0.493 e. The van der Waals surface area contributed by atoms with Crippen LogP contribution in [0.2, 0.25) is 0 Å². The molecule has 1 N–H and O–H groups in total. The number of ether oxygens (including phenoxy) is 2. The number of fused-ring (bicyclic) bond motifs is 1. The molecule has 0 aliphatic carbocycles. The van der Waals surface area contributed by atoms with Gasteiger partial charge in [-0.15, -0.1) is 0 Å². The van der Waals surface area contributed by atoms with Gasteiger partial charge in [-0.1, -0.05) is 28.9 Å². The number of hydrogen-bond acceptors (Lipinski definition) is 9. The van der Waals surface area contributed by atoms with E-state index in [-0.39, 0.29) is 6.10 Å². The molecule has 11 heteroatoms. The number of hydrogen-bond donors (Lipinski definition) is 1. The lowest BCUT2D eigenvalue weighted by Crippen LogP contribution is -2.40. The first-order valence-electron chi connectivity index (χ1n) is 12.3. The Morgan fingerprint density at radius 3 is 2.51 bits per heavy atom. The van der Waals surface area contributed by atoms with Crippen LogP contribution >= 0.6 is 23.5 Å². The van der Waals surface area contributed by atoms with Gasteiger partial charge < -0.3 is 23.8 Å². The summed E-state index contributed by atoms with van der Waals surface area (Å²) in [7, 11) is 1.43. The molecular weight excluding hydrogens is 559 g/mol. The van der Waals surface area contributed by atoms with E-state index in [1.165, 1.54) is 20.5 Å². The van der Waals surface area contributed by atoms with E-state index >= 15 is 0 Å². The summed E-state index contributed by atoms with van der Waals surface area (Å²) in [5, 5.41) is 4.23. The summed E-state index contributed by atoms with van der Waals surface area (Å²) in [6.45, 7) is 3.76. The number of nitrogens with zero attached hydrogens (tertiary/aromatic N) is 3. The van der Waals surface area contributed by atoms with Crippen LogP contribution in [0.15, 0.2) is 47.2 Å². The van der Waals surface area contributed by atoms with Gasteiger partial charge in [0, 0.05) is 35.8 Å². The fourth-order valence-electron chi connectivity index (χ4n) is 4.70. The zero-order valence-corrected chi connectivity index (χ0v) is 24.1. The number of aromatic nitrogens is 2. The molecule has 1 unspecified atom stereocenters. The SMILES string of the molecule is CCC(Oc1cc2c(Nc3cccc(Br)c3)ncnc2cc1OC)C1CCN(CP(=O)(OC)OC)CC1. The Bertz CT molecular complexity index is 1250. The molecule has 3 aromatic rings. The Morgan fingerprint density at radius 2 is 1.86 bits per heavy atom. The Balaban J connectivity index is 1.53. The molecule has 200 valence electrons. The molecular formula is C26H34BrN4O5P. The lowest BCUT2D eigenvalue weighted by atomic mass is 9.90. The van der Waals surface area contributed by atoms with Crippen LogP contribution in [0.3, 0.4) is 0 Å². The average molecular weight is 593 g/mol. The van der Waals surface area contributed by atoms with Crippen LogP contribution in [0.5, 0.6) is 11.5 Å². The molecule has 0 radical (unpaired) electrons. The third kappa shape index (κ3) is 6.81. The van der Waals surface area contributed by atoms with Crippen molar-refractivity contribution in [2.24, 2.45) is 5.92 Å². The highest BCUT2D eigenvalue weighted by molar-refractivity contribution is 9.10. The van der Waals surface area contributed by atoms with Crippen LogP contribution in [0, 0.1) is 5.92 Å². The van der Waals surface area contributed by atoms with E-state index in [2.05, 4.69) is 43.0 Å². The highest BCUT2D eigenvalue weighted by Gasteiger charge is 2.32. The number of halogens is 1. The molecule has 0 spiro atoms. The molecule has 9 nitrogen and oxygen atoms in total. The zero-order chi connectivity index (χ0) is 26.4. The van der Waals surface area contributed by atoms with E-state index in [1.807, 2.05) is 36.4 Å². The summed E-state index contributed by atoms with van der Waals surface area (Å²) in [4.78, 5) is 11.1. The van der Waals surface area contributed by atoms with Crippen LogP contribution in [0.1, 0.15) is 26.2 Å². The van der Waals surface area contributed by atoms with Crippen molar-refractivity contribution in [2.45, 2.75) is 32.3 Å². The second-order valence-corrected chi connectivity index (χ2v) is 12.2. The normalized spacial score (nSPS) is 16.0. The van der Waals surface area contributed by atoms with Crippen molar-refractivity contribution in [1.82, 2.24) is 14.9 Å². The highest BCUT2D eigenvalue weighted by Crippen LogP contribution is 2.47. The molecule has 2 aromatic carbocycles. The summed E-state index contributed by atoms with van der Waals surface area (Å²) in [5.41, 5.74) is 1.68. The third-order valence-electron chi connectivity index (χ3n) is 6.78. The van der Waals surface area contributed by atoms with Crippen molar-refractivity contribution in [1.29, 1.82) is 0 Å². The van der Waals surface area contributed by atoms with Crippen molar-refractivity contribution in [3.8, 4) is 11.5 Å². The first-order chi connectivity index (χ1) is 17.9. The average Bonchev–Trinajstić information content (AvgIpc) is 2.92. The fourth-order valence-corrected chi connectivity index (χ4v) is 6.25. The quantitative estimate of drug-likeness (QED) is 0.252. The Hall–Kier alpha value is -2.23. The topological polar surface area (TPSA) is 95.0 Å². The van der Waals surface area contributed by atoms with E-state index in [0.29, 0.717) is 29.5 Å². The van der Waals surface area contributed by atoms with Gasteiger partial charge in [-0.2, -0.15) is 0 Å². The van der Waals surface area contributed by atoms with Gasteiger partial charge in [0.2, 0.25) is 0 Å². The molecule has 0 amide bonds. The second-order valence-electron chi connectivity index (χ2n) is 9.02. The molecule has 1 aliphatic rings. The number of likely N-dealkylation sites (tertiary alicyclic amines) is 1. The molecule has 1 aliphatic heterocycles.